The maximum atomic E-state index is 13.4. The summed E-state index contributed by atoms with van der Waals surface area (Å²) in [6.45, 7) is 3.81. The van der Waals surface area contributed by atoms with Crippen molar-refractivity contribution in [3.8, 4) is 11.3 Å². The van der Waals surface area contributed by atoms with Crippen LogP contribution < -0.4 is 16.0 Å². The zero-order valence-electron chi connectivity index (χ0n) is 24.1. The minimum atomic E-state index is -0.473. The second-order valence-corrected chi connectivity index (χ2v) is 12.4. The molecule has 3 amide bonds. The highest BCUT2D eigenvalue weighted by Crippen LogP contribution is 2.32. The third kappa shape index (κ3) is 8.09. The van der Waals surface area contributed by atoms with E-state index in [1.165, 1.54) is 23.1 Å². The molecule has 0 saturated carbocycles. The highest BCUT2D eigenvalue weighted by atomic mass is 32.2. The molecule has 4 aromatic carbocycles. The first-order valence-electron chi connectivity index (χ1n) is 13.9. The molecule has 0 aliphatic carbocycles. The van der Waals surface area contributed by atoms with Gasteiger partial charge in [-0.25, -0.2) is 4.98 Å². The van der Waals surface area contributed by atoms with Crippen molar-refractivity contribution in [3.05, 3.63) is 137 Å². The van der Waals surface area contributed by atoms with E-state index in [9.17, 15) is 14.4 Å². The van der Waals surface area contributed by atoms with Gasteiger partial charge in [-0.05, 0) is 55.8 Å². The van der Waals surface area contributed by atoms with Crippen molar-refractivity contribution >= 4 is 57.7 Å². The first kappa shape index (κ1) is 30.5. The quantitative estimate of drug-likeness (QED) is 0.110. The highest BCUT2D eigenvalue weighted by Gasteiger charge is 2.19. The fourth-order valence-electron chi connectivity index (χ4n) is 4.28. The van der Waals surface area contributed by atoms with E-state index in [-0.39, 0.29) is 11.6 Å². The third-order valence-corrected chi connectivity index (χ3v) is 8.47. The van der Waals surface area contributed by atoms with Crippen molar-refractivity contribution in [2.45, 2.75) is 24.0 Å². The van der Waals surface area contributed by atoms with Gasteiger partial charge in [-0.15, -0.1) is 23.1 Å². The van der Waals surface area contributed by atoms with Crippen LogP contribution in [0.1, 0.15) is 27.7 Å². The van der Waals surface area contributed by atoms with Gasteiger partial charge < -0.3 is 16.0 Å². The van der Waals surface area contributed by atoms with Gasteiger partial charge in [-0.2, -0.15) is 0 Å². The van der Waals surface area contributed by atoms with Gasteiger partial charge in [0.05, 0.1) is 10.9 Å². The highest BCUT2D eigenvalue weighted by molar-refractivity contribution is 8.00. The second kappa shape index (κ2) is 14.5. The molecular weight excluding hydrogens is 589 g/mol. The summed E-state index contributed by atoms with van der Waals surface area (Å²) in [5.74, 6) is -1.03. The molecule has 220 valence electrons. The van der Waals surface area contributed by atoms with E-state index in [4.69, 9.17) is 0 Å². The number of benzene rings is 4. The molecule has 0 aliphatic heterocycles. The summed E-state index contributed by atoms with van der Waals surface area (Å²) in [7, 11) is 0. The number of thioether (sulfide) groups is 1. The summed E-state index contributed by atoms with van der Waals surface area (Å²) in [4.78, 5) is 45.8. The molecule has 0 fully saturated rings. The van der Waals surface area contributed by atoms with Crippen LogP contribution in [0.3, 0.4) is 0 Å². The topological polar surface area (TPSA) is 100 Å². The Morgan fingerprint density at radius 2 is 1.48 bits per heavy atom. The standard InChI is InChI=1S/C35H30N4O3S2/c1-23-31(26-15-8-4-9-16-26)38-35(44-23)39-32(40)24(2)43-29-20-12-19-28(22-29)36-34(42)30(21-25-13-6-3-7-14-25)37-33(41)27-17-10-5-11-18-27/h3-22,24H,1-2H3,(H,36,42)(H,37,41)(H,38,39,40)/b30-21-. The first-order chi connectivity index (χ1) is 21.4. The van der Waals surface area contributed by atoms with Crippen LogP contribution in [0.5, 0.6) is 0 Å². The van der Waals surface area contributed by atoms with Crippen molar-refractivity contribution in [1.82, 2.24) is 10.3 Å². The molecule has 44 heavy (non-hydrogen) atoms. The number of amides is 3. The lowest BCUT2D eigenvalue weighted by atomic mass is 10.1. The van der Waals surface area contributed by atoms with Gasteiger partial charge in [0.25, 0.3) is 11.8 Å². The normalized spacial score (nSPS) is 11.8. The van der Waals surface area contributed by atoms with Crippen LogP contribution in [0.4, 0.5) is 10.8 Å². The average Bonchev–Trinajstić information content (AvgIpc) is 3.41. The smallest absolute Gasteiger partial charge is 0.272 e. The number of nitrogens with zero attached hydrogens (tertiary/aromatic N) is 1. The van der Waals surface area contributed by atoms with E-state index in [0.717, 1.165) is 26.6 Å². The molecule has 0 spiro atoms. The summed E-state index contributed by atoms with van der Waals surface area (Å²) in [6, 6.07) is 35.1. The van der Waals surface area contributed by atoms with Gasteiger partial charge in [-0.1, -0.05) is 84.9 Å². The summed E-state index contributed by atoms with van der Waals surface area (Å²) >= 11 is 2.81. The Morgan fingerprint density at radius 3 is 2.18 bits per heavy atom. The lowest BCUT2D eigenvalue weighted by molar-refractivity contribution is -0.115. The van der Waals surface area contributed by atoms with Crippen LogP contribution >= 0.6 is 23.1 Å². The van der Waals surface area contributed by atoms with Crippen molar-refractivity contribution in [2.75, 3.05) is 10.6 Å². The third-order valence-electron chi connectivity index (χ3n) is 6.49. The van der Waals surface area contributed by atoms with E-state index in [2.05, 4.69) is 20.9 Å². The molecular formula is C35H30N4O3S2. The Morgan fingerprint density at radius 1 is 0.818 bits per heavy atom. The van der Waals surface area contributed by atoms with Crippen LogP contribution in [0.15, 0.2) is 126 Å². The van der Waals surface area contributed by atoms with Crippen molar-refractivity contribution < 1.29 is 14.4 Å². The van der Waals surface area contributed by atoms with Crippen molar-refractivity contribution in [1.29, 1.82) is 0 Å². The monoisotopic (exact) mass is 618 g/mol. The van der Waals surface area contributed by atoms with Gasteiger partial charge in [0, 0.05) is 26.6 Å². The van der Waals surface area contributed by atoms with Crippen LogP contribution in [0, 0.1) is 6.92 Å². The van der Waals surface area contributed by atoms with Crippen LogP contribution in [-0.2, 0) is 9.59 Å². The molecule has 1 atom stereocenters. The number of thiazole rings is 1. The largest absolute Gasteiger partial charge is 0.321 e. The molecule has 1 heterocycles. The molecule has 5 aromatic rings. The molecule has 0 saturated heterocycles. The van der Waals surface area contributed by atoms with Crippen molar-refractivity contribution in [2.24, 2.45) is 0 Å². The van der Waals surface area contributed by atoms with E-state index in [1.807, 2.05) is 92.7 Å². The molecule has 5 rings (SSSR count). The molecule has 0 bridgehead atoms. The van der Waals surface area contributed by atoms with Gasteiger partial charge in [0.2, 0.25) is 5.91 Å². The SMILES string of the molecule is Cc1sc(NC(=O)C(C)Sc2cccc(NC(=O)/C(=C/c3ccccc3)NC(=O)c3ccccc3)c2)nc1-c1ccccc1. The summed E-state index contributed by atoms with van der Waals surface area (Å²) in [5.41, 5.74) is 3.70. The number of carbonyl (C=O) groups is 3. The molecule has 3 N–H and O–H groups in total. The minimum absolute atomic E-state index is 0.101. The van der Waals surface area contributed by atoms with Crippen LogP contribution in [0.25, 0.3) is 17.3 Å². The van der Waals surface area contributed by atoms with E-state index < -0.39 is 17.1 Å². The number of aryl methyl sites for hydroxylation is 1. The minimum Gasteiger partial charge on any atom is -0.321 e. The summed E-state index contributed by atoms with van der Waals surface area (Å²) < 4.78 is 0. The molecule has 9 heteroatoms. The number of aromatic nitrogens is 1. The number of hydrogen-bond acceptors (Lipinski definition) is 6. The Balaban J connectivity index is 1.25. The zero-order chi connectivity index (χ0) is 30.9. The Kier molecular flexibility index (Phi) is 10.0. The van der Waals surface area contributed by atoms with E-state index in [0.29, 0.717) is 16.4 Å². The lowest BCUT2D eigenvalue weighted by Gasteiger charge is -2.13. The number of rotatable bonds is 10. The molecule has 0 radical (unpaired) electrons. The average molecular weight is 619 g/mol. The number of nitrogens with one attached hydrogen (secondary N) is 3. The predicted octanol–water partition coefficient (Wildman–Crippen LogP) is 7.65. The zero-order valence-corrected chi connectivity index (χ0v) is 25.7. The number of hydrogen-bond donors (Lipinski definition) is 3. The molecule has 1 unspecified atom stereocenters. The fourth-order valence-corrected chi connectivity index (χ4v) is 6.05. The van der Waals surface area contributed by atoms with Gasteiger partial charge in [0.15, 0.2) is 5.13 Å². The Bertz CT molecular complexity index is 1790. The predicted molar refractivity (Wildman–Crippen MR) is 180 cm³/mol. The van der Waals surface area contributed by atoms with Crippen LogP contribution in [-0.4, -0.2) is 28.0 Å². The Labute approximate surface area is 264 Å². The van der Waals surface area contributed by atoms with Crippen molar-refractivity contribution in [3.63, 3.8) is 0 Å². The molecule has 7 nitrogen and oxygen atoms in total. The number of anilines is 2. The summed E-state index contributed by atoms with van der Waals surface area (Å²) in [6.07, 6.45) is 1.63. The summed E-state index contributed by atoms with van der Waals surface area (Å²) in [5, 5.41) is 8.70. The lowest BCUT2D eigenvalue weighted by Crippen LogP contribution is -2.30. The van der Waals surface area contributed by atoms with Crippen LogP contribution in [0.2, 0.25) is 0 Å². The fraction of sp³-hybridized carbons (Fsp3) is 0.0857. The Hall–Kier alpha value is -4.99. The maximum absolute atomic E-state index is 13.4. The molecule has 1 aromatic heterocycles. The van der Waals surface area contributed by atoms with Gasteiger partial charge in [-0.3, -0.25) is 14.4 Å². The van der Waals surface area contributed by atoms with Gasteiger partial charge in [0.1, 0.15) is 5.70 Å². The first-order valence-corrected chi connectivity index (χ1v) is 15.6. The maximum Gasteiger partial charge on any atom is 0.272 e. The van der Waals surface area contributed by atoms with E-state index >= 15 is 0 Å². The van der Waals surface area contributed by atoms with Gasteiger partial charge >= 0.3 is 0 Å². The van der Waals surface area contributed by atoms with E-state index in [1.54, 1.807) is 42.5 Å². The molecule has 0 aliphatic rings. The number of carbonyl (C=O) groups excluding carboxylic acids is 3. The second-order valence-electron chi connectivity index (χ2n) is 9.81.